The first-order valence-electron chi connectivity index (χ1n) is 8.11. The van der Waals surface area contributed by atoms with E-state index in [1.807, 2.05) is 0 Å². The second kappa shape index (κ2) is 6.63. The molecule has 2 aromatic rings. The lowest BCUT2D eigenvalue weighted by Crippen LogP contribution is -2.17. The van der Waals surface area contributed by atoms with Gasteiger partial charge in [-0.15, -0.1) is 0 Å². The lowest BCUT2D eigenvalue weighted by atomic mass is 10.1. The third-order valence-corrected chi connectivity index (χ3v) is 4.36. The Bertz CT molecular complexity index is 586. The minimum atomic E-state index is 0.241. The maximum atomic E-state index is 5.41. The van der Waals surface area contributed by atoms with Crippen molar-refractivity contribution >= 4 is 10.9 Å². The van der Waals surface area contributed by atoms with Gasteiger partial charge in [-0.05, 0) is 50.8 Å². The third kappa shape index (κ3) is 3.66. The van der Waals surface area contributed by atoms with Gasteiger partial charge in [-0.25, -0.2) is 0 Å². The van der Waals surface area contributed by atoms with Gasteiger partial charge in [0.05, 0.1) is 6.10 Å². The molecule has 3 heteroatoms. The summed E-state index contributed by atoms with van der Waals surface area (Å²) in [4.78, 5) is 0. The monoisotopic (exact) mass is 286 g/mol. The Morgan fingerprint density at radius 3 is 2.90 bits per heavy atom. The molecule has 1 aromatic heterocycles. The molecule has 0 aliphatic heterocycles. The number of fused-ring (bicyclic) bond motifs is 1. The predicted octanol–water partition coefficient (Wildman–Crippen LogP) is 3.36. The van der Waals surface area contributed by atoms with E-state index in [-0.39, 0.29) is 6.10 Å². The molecule has 3 rings (SSSR count). The minimum absolute atomic E-state index is 0.241. The van der Waals surface area contributed by atoms with Gasteiger partial charge in [-0.2, -0.15) is 0 Å². The Morgan fingerprint density at radius 1 is 1.33 bits per heavy atom. The van der Waals surface area contributed by atoms with Crippen LogP contribution in [0.4, 0.5) is 0 Å². The highest BCUT2D eigenvalue weighted by Gasteiger charge is 2.19. The Balaban J connectivity index is 1.70. The molecule has 1 heterocycles. The number of nitrogens with one attached hydrogen (secondary N) is 1. The van der Waals surface area contributed by atoms with Crippen molar-refractivity contribution in [1.29, 1.82) is 0 Å². The number of benzene rings is 1. The zero-order chi connectivity index (χ0) is 14.7. The smallest absolute Gasteiger partial charge is 0.0722 e. The average molecular weight is 286 g/mol. The molecule has 0 spiro atoms. The largest absolute Gasteiger partial charge is 0.380 e. The van der Waals surface area contributed by atoms with Crippen LogP contribution in [0.2, 0.25) is 0 Å². The van der Waals surface area contributed by atoms with Crippen molar-refractivity contribution in [1.82, 2.24) is 9.88 Å². The van der Waals surface area contributed by atoms with Gasteiger partial charge in [-0.1, -0.05) is 18.2 Å². The summed E-state index contributed by atoms with van der Waals surface area (Å²) in [6, 6.07) is 9.53. The number of aromatic nitrogens is 1. The lowest BCUT2D eigenvalue weighted by molar-refractivity contribution is 0.104. The van der Waals surface area contributed by atoms with Crippen LogP contribution in [0.15, 0.2) is 30.5 Å². The van der Waals surface area contributed by atoms with Crippen molar-refractivity contribution in [3.8, 4) is 0 Å². The molecule has 114 valence electrons. The van der Waals surface area contributed by atoms with E-state index in [2.05, 4.69) is 47.3 Å². The molecule has 1 saturated carbocycles. The van der Waals surface area contributed by atoms with Crippen LogP contribution in [-0.2, 0) is 17.7 Å². The number of rotatable bonds is 8. The van der Waals surface area contributed by atoms with Gasteiger partial charge < -0.3 is 14.6 Å². The number of para-hydroxylation sites is 1. The number of hydrogen-bond acceptors (Lipinski definition) is 2. The topological polar surface area (TPSA) is 26.2 Å². The molecule has 3 nitrogen and oxygen atoms in total. The van der Waals surface area contributed by atoms with E-state index in [9.17, 15) is 0 Å². The van der Waals surface area contributed by atoms with Gasteiger partial charge in [0.25, 0.3) is 0 Å². The zero-order valence-electron chi connectivity index (χ0n) is 13.1. The normalized spacial score (nSPS) is 16.5. The van der Waals surface area contributed by atoms with Gasteiger partial charge in [-0.3, -0.25) is 0 Å². The fourth-order valence-corrected chi connectivity index (χ4v) is 2.90. The average Bonchev–Trinajstić information content (AvgIpc) is 3.27. The fraction of sp³-hybridized carbons (Fsp3) is 0.556. The second-order valence-corrected chi connectivity index (χ2v) is 6.20. The summed E-state index contributed by atoms with van der Waals surface area (Å²) in [6.45, 7) is 4.17. The van der Waals surface area contributed by atoms with Crippen LogP contribution in [0, 0.1) is 0 Å². The van der Waals surface area contributed by atoms with E-state index >= 15 is 0 Å². The summed E-state index contributed by atoms with van der Waals surface area (Å²) in [6.07, 6.45) is 7.66. The molecule has 1 unspecified atom stereocenters. The quantitative estimate of drug-likeness (QED) is 0.753. The molecule has 21 heavy (non-hydrogen) atoms. The standard InChI is InChI=1S/C18H26N2O/c1-14(21-2)12-20-13-15(6-5-11-19-16-9-10-16)17-7-3-4-8-18(17)20/h3-4,7-8,13-14,16,19H,5-6,9-12H2,1-2H3. The summed E-state index contributed by atoms with van der Waals surface area (Å²) in [5.41, 5.74) is 2.79. The molecule has 1 aliphatic carbocycles. The van der Waals surface area contributed by atoms with E-state index in [0.717, 1.165) is 25.6 Å². The van der Waals surface area contributed by atoms with Crippen LogP contribution in [0.1, 0.15) is 31.7 Å². The predicted molar refractivity (Wildman–Crippen MR) is 87.8 cm³/mol. The minimum Gasteiger partial charge on any atom is -0.380 e. The number of hydrogen-bond donors (Lipinski definition) is 1. The van der Waals surface area contributed by atoms with Gasteiger partial charge in [0.2, 0.25) is 0 Å². The van der Waals surface area contributed by atoms with E-state index in [0.29, 0.717) is 0 Å². The SMILES string of the molecule is COC(C)Cn1cc(CCCNC2CC2)c2ccccc21. The highest BCUT2D eigenvalue weighted by atomic mass is 16.5. The Kier molecular flexibility index (Phi) is 4.61. The van der Waals surface area contributed by atoms with Crippen LogP contribution < -0.4 is 5.32 Å². The molecule has 0 radical (unpaired) electrons. The molecular weight excluding hydrogens is 260 g/mol. The molecule has 1 N–H and O–H groups in total. The van der Waals surface area contributed by atoms with Crippen LogP contribution in [0.25, 0.3) is 10.9 Å². The van der Waals surface area contributed by atoms with Crippen LogP contribution >= 0.6 is 0 Å². The highest BCUT2D eigenvalue weighted by Crippen LogP contribution is 2.23. The molecule has 1 atom stereocenters. The summed E-state index contributed by atoms with van der Waals surface area (Å²) in [5, 5.41) is 4.99. The summed E-state index contributed by atoms with van der Waals surface area (Å²) in [7, 11) is 1.78. The number of aryl methyl sites for hydroxylation is 1. The number of nitrogens with zero attached hydrogens (tertiary/aromatic N) is 1. The van der Waals surface area contributed by atoms with Crippen LogP contribution in [0.5, 0.6) is 0 Å². The molecule has 1 aliphatic rings. The molecular formula is C18H26N2O. The Labute approximate surface area is 127 Å². The maximum Gasteiger partial charge on any atom is 0.0722 e. The van der Waals surface area contributed by atoms with E-state index in [4.69, 9.17) is 4.74 Å². The Hall–Kier alpha value is -1.32. The maximum absolute atomic E-state index is 5.41. The van der Waals surface area contributed by atoms with Crippen molar-refractivity contribution in [2.75, 3.05) is 13.7 Å². The first-order chi connectivity index (χ1) is 10.3. The van der Waals surface area contributed by atoms with Crippen molar-refractivity contribution in [3.05, 3.63) is 36.0 Å². The second-order valence-electron chi connectivity index (χ2n) is 6.20. The molecule has 0 bridgehead atoms. The number of ether oxygens (including phenoxy) is 1. The summed E-state index contributed by atoms with van der Waals surface area (Å²) in [5.74, 6) is 0. The van der Waals surface area contributed by atoms with Crippen LogP contribution in [-0.4, -0.2) is 30.4 Å². The van der Waals surface area contributed by atoms with Crippen molar-refractivity contribution < 1.29 is 4.74 Å². The van der Waals surface area contributed by atoms with Gasteiger partial charge in [0.1, 0.15) is 0 Å². The zero-order valence-corrected chi connectivity index (χ0v) is 13.1. The molecule has 0 saturated heterocycles. The van der Waals surface area contributed by atoms with Gasteiger partial charge >= 0.3 is 0 Å². The fourth-order valence-electron chi connectivity index (χ4n) is 2.90. The van der Waals surface area contributed by atoms with E-state index in [1.165, 1.54) is 35.7 Å². The summed E-state index contributed by atoms with van der Waals surface area (Å²) < 4.78 is 7.75. The molecule has 1 fully saturated rings. The highest BCUT2D eigenvalue weighted by molar-refractivity contribution is 5.84. The van der Waals surface area contributed by atoms with Gasteiger partial charge in [0.15, 0.2) is 0 Å². The summed E-state index contributed by atoms with van der Waals surface area (Å²) >= 11 is 0. The first kappa shape index (κ1) is 14.6. The van der Waals surface area contributed by atoms with Gasteiger partial charge in [0, 0.05) is 36.8 Å². The Morgan fingerprint density at radius 2 is 2.14 bits per heavy atom. The van der Waals surface area contributed by atoms with Crippen molar-refractivity contribution in [2.45, 2.75) is 51.3 Å². The third-order valence-electron chi connectivity index (χ3n) is 4.36. The molecule has 1 aromatic carbocycles. The van der Waals surface area contributed by atoms with E-state index in [1.54, 1.807) is 7.11 Å². The molecule has 0 amide bonds. The van der Waals surface area contributed by atoms with Crippen molar-refractivity contribution in [2.24, 2.45) is 0 Å². The van der Waals surface area contributed by atoms with E-state index < -0.39 is 0 Å². The van der Waals surface area contributed by atoms with Crippen LogP contribution in [0.3, 0.4) is 0 Å². The lowest BCUT2D eigenvalue weighted by Gasteiger charge is -2.11. The van der Waals surface area contributed by atoms with Crippen molar-refractivity contribution in [3.63, 3.8) is 0 Å². The number of methoxy groups -OCH3 is 1. The first-order valence-corrected chi connectivity index (χ1v) is 8.11.